The highest BCUT2D eigenvalue weighted by atomic mass is 19.4. The van der Waals surface area contributed by atoms with E-state index in [9.17, 15) is 31.1 Å². The van der Waals surface area contributed by atoms with Gasteiger partial charge in [0.1, 0.15) is 0 Å². The highest BCUT2D eigenvalue weighted by Gasteiger charge is 2.37. The van der Waals surface area contributed by atoms with Gasteiger partial charge in [-0.05, 0) is 43.0 Å². The number of halogens is 6. The van der Waals surface area contributed by atoms with Crippen molar-refractivity contribution >= 4 is 11.8 Å². The number of alkyl halides is 6. The number of nitrogens with zero attached hydrogens (tertiary/aromatic N) is 1. The maximum atomic E-state index is 12.8. The number of carbonyl (C=O) groups excluding carboxylic acids is 1. The largest absolute Gasteiger partial charge is 0.439 e. The lowest BCUT2D eigenvalue weighted by molar-refractivity contribution is -0.159. The molecule has 0 saturated carbocycles. The van der Waals surface area contributed by atoms with Crippen LogP contribution in [0.3, 0.4) is 0 Å². The van der Waals surface area contributed by atoms with Crippen LogP contribution < -0.4 is 4.90 Å². The van der Waals surface area contributed by atoms with Crippen LogP contribution in [0.2, 0.25) is 0 Å². The molecule has 0 radical (unpaired) electrons. The SMILES string of the molecule is CCC1CCc2cc(C(F)(F)F)ccc2N1C(=O)OCC(F)(F)F. The van der Waals surface area contributed by atoms with Gasteiger partial charge in [-0.3, -0.25) is 4.90 Å². The number of ether oxygens (including phenoxy) is 1. The van der Waals surface area contributed by atoms with Crippen LogP contribution in [-0.2, 0) is 17.3 Å². The average molecular weight is 355 g/mol. The minimum absolute atomic E-state index is 0.160. The number of benzene rings is 1. The van der Waals surface area contributed by atoms with Crippen LogP contribution in [0.1, 0.15) is 30.9 Å². The fraction of sp³-hybridized carbons (Fsp3) is 0.533. The van der Waals surface area contributed by atoms with Gasteiger partial charge in [0.05, 0.1) is 11.3 Å². The standard InChI is InChI=1S/C15H15F6NO2/c1-2-11-5-3-9-7-10(15(19,20)21)4-6-12(9)22(11)13(23)24-8-14(16,17)18/h4,6-7,11H,2-3,5,8H2,1H3. The Kier molecular flexibility index (Phi) is 5.00. The molecule has 1 aromatic rings. The molecular weight excluding hydrogens is 340 g/mol. The Morgan fingerprint density at radius 1 is 1.25 bits per heavy atom. The number of aryl methyl sites for hydroxylation is 1. The normalized spacial score (nSPS) is 18.3. The van der Waals surface area contributed by atoms with Crippen LogP contribution in [0, 0.1) is 0 Å². The van der Waals surface area contributed by atoms with Gasteiger partial charge in [-0.1, -0.05) is 6.92 Å². The first-order chi connectivity index (χ1) is 11.0. The molecule has 1 heterocycles. The smallest absolute Gasteiger partial charge is 0.422 e. The predicted octanol–water partition coefficient (Wildman–Crippen LogP) is 4.94. The molecule has 2 rings (SSSR count). The Morgan fingerprint density at radius 2 is 1.92 bits per heavy atom. The molecular formula is C15H15F6NO2. The fourth-order valence-electron chi connectivity index (χ4n) is 2.69. The number of anilines is 1. The summed E-state index contributed by atoms with van der Waals surface area (Å²) >= 11 is 0. The van der Waals surface area contributed by atoms with Crippen molar-refractivity contribution in [2.24, 2.45) is 0 Å². The van der Waals surface area contributed by atoms with Crippen molar-refractivity contribution in [2.45, 2.75) is 44.6 Å². The quantitative estimate of drug-likeness (QED) is 0.704. The lowest BCUT2D eigenvalue weighted by atomic mass is 9.93. The van der Waals surface area contributed by atoms with Gasteiger partial charge in [0.15, 0.2) is 6.61 Å². The van der Waals surface area contributed by atoms with Gasteiger partial charge in [0, 0.05) is 6.04 Å². The third kappa shape index (κ3) is 4.12. The van der Waals surface area contributed by atoms with Gasteiger partial charge < -0.3 is 4.74 Å². The van der Waals surface area contributed by atoms with E-state index < -0.39 is 36.7 Å². The van der Waals surface area contributed by atoms with Gasteiger partial charge >= 0.3 is 18.4 Å². The number of amides is 1. The van der Waals surface area contributed by atoms with Crippen molar-refractivity contribution in [3.05, 3.63) is 29.3 Å². The van der Waals surface area contributed by atoms with E-state index in [2.05, 4.69) is 4.74 Å². The summed E-state index contributed by atoms with van der Waals surface area (Å²) < 4.78 is 79.3. The van der Waals surface area contributed by atoms with Crippen molar-refractivity contribution < 1.29 is 35.9 Å². The van der Waals surface area contributed by atoms with Gasteiger partial charge in [-0.2, -0.15) is 26.3 Å². The Bertz CT molecular complexity index is 611. The number of hydrogen-bond donors (Lipinski definition) is 0. The molecule has 134 valence electrons. The molecule has 0 bridgehead atoms. The minimum atomic E-state index is -4.67. The van der Waals surface area contributed by atoms with Crippen LogP contribution in [0.25, 0.3) is 0 Å². The zero-order valence-corrected chi connectivity index (χ0v) is 12.7. The van der Waals surface area contributed by atoms with E-state index in [1.165, 1.54) is 0 Å². The summed E-state index contributed by atoms with van der Waals surface area (Å²) in [6, 6.07) is 2.41. The molecule has 0 aliphatic carbocycles. The maximum Gasteiger partial charge on any atom is 0.422 e. The van der Waals surface area contributed by atoms with Crippen LogP contribution in [0.15, 0.2) is 18.2 Å². The van der Waals surface area contributed by atoms with Gasteiger partial charge in [-0.15, -0.1) is 0 Å². The first-order valence-corrected chi connectivity index (χ1v) is 7.25. The molecule has 0 aromatic heterocycles. The molecule has 0 fully saturated rings. The van der Waals surface area contributed by atoms with Crippen LogP contribution in [0.4, 0.5) is 36.8 Å². The first-order valence-electron chi connectivity index (χ1n) is 7.25. The average Bonchev–Trinajstić information content (AvgIpc) is 2.49. The molecule has 3 nitrogen and oxygen atoms in total. The summed E-state index contributed by atoms with van der Waals surface area (Å²) in [6.45, 7) is -0.00147. The van der Waals surface area contributed by atoms with Crippen LogP contribution in [-0.4, -0.2) is 24.9 Å². The Hall–Kier alpha value is -1.93. The van der Waals surface area contributed by atoms with Crippen molar-refractivity contribution in [1.82, 2.24) is 0 Å². The summed E-state index contributed by atoms with van der Waals surface area (Å²) in [5.74, 6) is 0. The summed E-state index contributed by atoms with van der Waals surface area (Å²) in [6.07, 6.45) is -9.30. The van der Waals surface area contributed by atoms with Gasteiger partial charge in [0.25, 0.3) is 0 Å². The highest BCUT2D eigenvalue weighted by molar-refractivity contribution is 5.90. The molecule has 9 heteroatoms. The molecule has 1 aliphatic rings. The number of fused-ring (bicyclic) bond motifs is 1. The zero-order chi connectivity index (χ0) is 18.1. The van der Waals surface area contributed by atoms with Crippen LogP contribution >= 0.6 is 0 Å². The second kappa shape index (κ2) is 6.52. The van der Waals surface area contributed by atoms with E-state index in [0.717, 1.165) is 23.1 Å². The Morgan fingerprint density at radius 3 is 2.46 bits per heavy atom. The fourth-order valence-corrected chi connectivity index (χ4v) is 2.69. The topological polar surface area (TPSA) is 29.5 Å². The minimum Gasteiger partial charge on any atom is -0.439 e. The van der Waals surface area contributed by atoms with E-state index in [0.29, 0.717) is 19.3 Å². The van der Waals surface area contributed by atoms with E-state index in [-0.39, 0.29) is 11.3 Å². The molecule has 0 N–H and O–H groups in total. The zero-order valence-electron chi connectivity index (χ0n) is 12.7. The molecule has 1 aliphatic heterocycles. The van der Waals surface area contributed by atoms with E-state index >= 15 is 0 Å². The summed E-state index contributed by atoms with van der Waals surface area (Å²) in [4.78, 5) is 13.1. The lowest BCUT2D eigenvalue weighted by Gasteiger charge is -2.36. The van der Waals surface area contributed by atoms with E-state index in [1.54, 1.807) is 6.92 Å². The number of carbonyl (C=O) groups is 1. The van der Waals surface area contributed by atoms with Gasteiger partial charge in [0.2, 0.25) is 0 Å². The Balaban J connectivity index is 2.31. The molecule has 0 saturated heterocycles. The van der Waals surface area contributed by atoms with Crippen molar-refractivity contribution in [3.63, 3.8) is 0 Å². The van der Waals surface area contributed by atoms with E-state index in [4.69, 9.17) is 0 Å². The monoisotopic (exact) mass is 355 g/mol. The van der Waals surface area contributed by atoms with Crippen molar-refractivity contribution in [1.29, 1.82) is 0 Å². The Labute approximate surface area is 134 Å². The number of rotatable bonds is 2. The lowest BCUT2D eigenvalue weighted by Crippen LogP contribution is -2.44. The third-order valence-electron chi connectivity index (χ3n) is 3.81. The van der Waals surface area contributed by atoms with E-state index in [1.807, 2.05) is 0 Å². The second-order valence-electron chi connectivity index (χ2n) is 5.48. The third-order valence-corrected chi connectivity index (χ3v) is 3.81. The second-order valence-corrected chi connectivity index (χ2v) is 5.48. The molecule has 0 spiro atoms. The molecule has 1 atom stereocenters. The summed E-state index contributed by atoms with van der Waals surface area (Å²) in [5, 5.41) is 0. The number of hydrogen-bond acceptors (Lipinski definition) is 2. The molecule has 1 unspecified atom stereocenters. The van der Waals surface area contributed by atoms with Gasteiger partial charge in [-0.25, -0.2) is 4.79 Å². The maximum absolute atomic E-state index is 12.8. The summed E-state index contributed by atoms with van der Waals surface area (Å²) in [5.41, 5.74) is -0.438. The van der Waals surface area contributed by atoms with Crippen molar-refractivity contribution in [3.8, 4) is 0 Å². The van der Waals surface area contributed by atoms with Crippen LogP contribution in [0.5, 0.6) is 0 Å². The first kappa shape index (κ1) is 18.4. The predicted molar refractivity (Wildman–Crippen MR) is 73.7 cm³/mol. The molecule has 1 aromatic carbocycles. The molecule has 1 amide bonds. The molecule has 24 heavy (non-hydrogen) atoms. The highest BCUT2D eigenvalue weighted by Crippen LogP contribution is 2.37. The van der Waals surface area contributed by atoms with Crippen molar-refractivity contribution in [2.75, 3.05) is 11.5 Å². The summed E-state index contributed by atoms with van der Waals surface area (Å²) in [7, 11) is 0.